The molecule has 2 aromatic carbocycles. The van der Waals surface area contributed by atoms with E-state index in [9.17, 15) is 0 Å². The zero-order valence-corrected chi connectivity index (χ0v) is 13.0. The largest absolute Gasteiger partial charge is 0.310 e. The first-order valence-electron chi connectivity index (χ1n) is 7.16. The molecule has 2 aromatic rings. The van der Waals surface area contributed by atoms with E-state index in [-0.39, 0.29) is 17.9 Å². The Morgan fingerprint density at radius 1 is 1.00 bits per heavy atom. The Hall–Kier alpha value is -1.31. The van der Waals surface area contributed by atoms with E-state index in [1.54, 1.807) is 0 Å². The summed E-state index contributed by atoms with van der Waals surface area (Å²) < 4.78 is 0. The highest BCUT2D eigenvalue weighted by atomic mass is 35.5. The first kappa shape index (κ1) is 15.1. The second kappa shape index (κ2) is 5.99. The van der Waals surface area contributed by atoms with E-state index in [0.29, 0.717) is 0 Å². The summed E-state index contributed by atoms with van der Waals surface area (Å²) in [6, 6.07) is 17.9. The van der Waals surface area contributed by atoms with Crippen LogP contribution in [0.4, 0.5) is 0 Å². The molecule has 0 heterocycles. The summed E-state index contributed by atoms with van der Waals surface area (Å²) in [6.07, 6.45) is 3.60. The number of benzene rings is 2. The molecule has 0 spiro atoms. The van der Waals surface area contributed by atoms with Crippen LogP contribution in [-0.2, 0) is 12.0 Å². The molecule has 0 radical (unpaired) electrons. The lowest BCUT2D eigenvalue weighted by Gasteiger charge is -2.16. The van der Waals surface area contributed by atoms with Crippen LogP contribution < -0.4 is 5.32 Å². The minimum absolute atomic E-state index is 0. The fraction of sp³-hybridized carbons (Fsp3) is 0.333. The van der Waals surface area contributed by atoms with Gasteiger partial charge in [0, 0.05) is 5.54 Å². The number of nitrogens with one attached hydrogen (secondary N) is 1. The Balaban J connectivity index is 0.00000147. The summed E-state index contributed by atoms with van der Waals surface area (Å²) in [4.78, 5) is 0. The van der Waals surface area contributed by atoms with Gasteiger partial charge in [-0.25, -0.2) is 0 Å². The van der Waals surface area contributed by atoms with Crippen molar-refractivity contribution >= 4 is 12.4 Å². The van der Waals surface area contributed by atoms with E-state index < -0.39 is 0 Å². The van der Waals surface area contributed by atoms with Gasteiger partial charge in [-0.2, -0.15) is 0 Å². The van der Waals surface area contributed by atoms with Crippen LogP contribution in [0, 0.1) is 0 Å². The number of rotatable bonds is 4. The molecule has 1 N–H and O–H groups in total. The van der Waals surface area contributed by atoms with Gasteiger partial charge in [0.2, 0.25) is 0 Å². The van der Waals surface area contributed by atoms with E-state index in [2.05, 4.69) is 67.8 Å². The Bertz CT molecular complexity index is 587. The number of aryl methyl sites for hydroxylation is 1. The number of halogens is 1. The Morgan fingerprint density at radius 2 is 1.65 bits per heavy atom. The first-order chi connectivity index (χ1) is 9.27. The molecule has 1 nitrogen and oxygen atoms in total. The van der Waals surface area contributed by atoms with Crippen LogP contribution >= 0.6 is 12.4 Å². The molecule has 0 amide bonds. The van der Waals surface area contributed by atoms with Crippen LogP contribution in [0.3, 0.4) is 0 Å². The van der Waals surface area contributed by atoms with Crippen LogP contribution in [0.2, 0.25) is 0 Å². The second-order valence-electron chi connectivity index (χ2n) is 5.47. The quantitative estimate of drug-likeness (QED) is 0.870. The molecule has 2 heteroatoms. The summed E-state index contributed by atoms with van der Waals surface area (Å²) in [6.45, 7) is 2.20. The monoisotopic (exact) mass is 287 g/mol. The lowest BCUT2D eigenvalue weighted by molar-refractivity contribution is 0.586. The molecule has 0 aromatic heterocycles. The van der Waals surface area contributed by atoms with Crippen molar-refractivity contribution in [3.05, 3.63) is 59.7 Å². The normalized spacial score (nSPS) is 15.5. The topological polar surface area (TPSA) is 12.0 Å². The van der Waals surface area contributed by atoms with Crippen molar-refractivity contribution in [2.24, 2.45) is 0 Å². The van der Waals surface area contributed by atoms with Gasteiger partial charge in [0.25, 0.3) is 0 Å². The smallest absolute Gasteiger partial charge is 0.0434 e. The molecule has 0 aliphatic heterocycles. The van der Waals surface area contributed by atoms with E-state index in [4.69, 9.17) is 0 Å². The third kappa shape index (κ3) is 2.74. The number of hydrogen-bond donors (Lipinski definition) is 1. The summed E-state index contributed by atoms with van der Waals surface area (Å²) in [7, 11) is 2.07. The van der Waals surface area contributed by atoms with Crippen molar-refractivity contribution in [1.82, 2.24) is 5.32 Å². The lowest BCUT2D eigenvalue weighted by Crippen LogP contribution is -2.24. The van der Waals surface area contributed by atoms with E-state index >= 15 is 0 Å². The fourth-order valence-corrected chi connectivity index (χ4v) is 2.78. The third-order valence-electron chi connectivity index (χ3n) is 4.31. The van der Waals surface area contributed by atoms with Gasteiger partial charge in [-0.15, -0.1) is 12.4 Å². The van der Waals surface area contributed by atoms with Gasteiger partial charge in [0.15, 0.2) is 0 Å². The third-order valence-corrected chi connectivity index (χ3v) is 4.31. The molecule has 1 fully saturated rings. The van der Waals surface area contributed by atoms with Crippen molar-refractivity contribution in [3.63, 3.8) is 0 Å². The summed E-state index contributed by atoms with van der Waals surface area (Å²) in [5.41, 5.74) is 5.73. The van der Waals surface area contributed by atoms with E-state index in [1.165, 1.54) is 35.1 Å². The molecule has 1 aliphatic rings. The van der Waals surface area contributed by atoms with Crippen LogP contribution in [-0.4, -0.2) is 7.05 Å². The average molecular weight is 288 g/mol. The van der Waals surface area contributed by atoms with Crippen LogP contribution in [0.1, 0.15) is 30.9 Å². The zero-order valence-electron chi connectivity index (χ0n) is 12.1. The average Bonchev–Trinajstić information content (AvgIpc) is 3.29. The van der Waals surface area contributed by atoms with Gasteiger partial charge in [0.05, 0.1) is 0 Å². The molecule has 0 saturated heterocycles. The van der Waals surface area contributed by atoms with Crippen LogP contribution in [0.15, 0.2) is 48.5 Å². The Labute approximate surface area is 127 Å². The van der Waals surface area contributed by atoms with Gasteiger partial charge < -0.3 is 5.32 Å². The molecule has 20 heavy (non-hydrogen) atoms. The lowest BCUT2D eigenvalue weighted by atomic mass is 9.97. The fourth-order valence-electron chi connectivity index (χ4n) is 2.78. The van der Waals surface area contributed by atoms with Gasteiger partial charge in [-0.05, 0) is 54.6 Å². The van der Waals surface area contributed by atoms with Crippen molar-refractivity contribution in [1.29, 1.82) is 0 Å². The Morgan fingerprint density at radius 3 is 2.25 bits per heavy atom. The van der Waals surface area contributed by atoms with Gasteiger partial charge in [-0.3, -0.25) is 0 Å². The molecular weight excluding hydrogens is 266 g/mol. The molecule has 0 bridgehead atoms. The van der Waals surface area contributed by atoms with Crippen molar-refractivity contribution in [2.75, 3.05) is 7.05 Å². The maximum absolute atomic E-state index is 3.47. The molecule has 1 saturated carbocycles. The van der Waals surface area contributed by atoms with Crippen LogP contribution in [0.5, 0.6) is 0 Å². The first-order valence-corrected chi connectivity index (χ1v) is 7.16. The van der Waals surface area contributed by atoms with Gasteiger partial charge in [-0.1, -0.05) is 49.4 Å². The molecule has 3 rings (SSSR count). The SMILES string of the molecule is CCc1cccc(-c2cccc(C3(NC)CC3)c2)c1.Cl. The predicted octanol–water partition coefficient (Wildman–Crippen LogP) is 4.55. The maximum Gasteiger partial charge on any atom is 0.0434 e. The highest BCUT2D eigenvalue weighted by Crippen LogP contribution is 2.45. The van der Waals surface area contributed by atoms with Gasteiger partial charge in [0.1, 0.15) is 0 Å². The Kier molecular flexibility index (Phi) is 4.52. The van der Waals surface area contributed by atoms with Crippen molar-refractivity contribution in [3.8, 4) is 11.1 Å². The number of hydrogen-bond acceptors (Lipinski definition) is 1. The highest BCUT2D eigenvalue weighted by molar-refractivity contribution is 5.85. The molecule has 1 aliphatic carbocycles. The molecule has 106 valence electrons. The van der Waals surface area contributed by atoms with Crippen molar-refractivity contribution < 1.29 is 0 Å². The van der Waals surface area contributed by atoms with Gasteiger partial charge >= 0.3 is 0 Å². The molecule has 0 atom stereocenters. The summed E-state index contributed by atoms with van der Waals surface area (Å²) in [5, 5.41) is 3.47. The predicted molar refractivity (Wildman–Crippen MR) is 88.5 cm³/mol. The van der Waals surface area contributed by atoms with Crippen LogP contribution in [0.25, 0.3) is 11.1 Å². The van der Waals surface area contributed by atoms with E-state index in [0.717, 1.165) is 6.42 Å². The zero-order chi connectivity index (χ0) is 13.3. The van der Waals surface area contributed by atoms with Crippen molar-refractivity contribution in [2.45, 2.75) is 31.7 Å². The minimum Gasteiger partial charge on any atom is -0.310 e. The minimum atomic E-state index is 0. The van der Waals surface area contributed by atoms with E-state index in [1.807, 2.05) is 0 Å². The second-order valence-corrected chi connectivity index (χ2v) is 5.47. The summed E-state index contributed by atoms with van der Waals surface area (Å²) in [5.74, 6) is 0. The molecular formula is C18H22ClN. The maximum atomic E-state index is 3.47. The molecule has 0 unspecified atom stereocenters. The summed E-state index contributed by atoms with van der Waals surface area (Å²) >= 11 is 0. The highest BCUT2D eigenvalue weighted by Gasteiger charge is 2.42. The standard InChI is InChI=1S/C18H21N.ClH/c1-3-14-6-4-7-15(12-14)16-8-5-9-17(13-16)18(19-2)10-11-18;/h4-9,12-13,19H,3,10-11H2,1-2H3;1H.